The van der Waals surface area contributed by atoms with Crippen LogP contribution in [0.2, 0.25) is 0 Å². The van der Waals surface area contributed by atoms with Gasteiger partial charge in [-0.05, 0) is 42.2 Å². The Morgan fingerprint density at radius 1 is 1.15 bits per heavy atom. The Kier molecular flexibility index (Phi) is 7.39. The molecule has 176 valence electrons. The first kappa shape index (κ1) is 23.3. The molecule has 8 heteroatoms. The molecule has 34 heavy (non-hydrogen) atoms. The van der Waals surface area contributed by atoms with Gasteiger partial charge in [-0.25, -0.2) is 9.97 Å². The van der Waals surface area contributed by atoms with Crippen LogP contribution in [0.1, 0.15) is 29.3 Å². The summed E-state index contributed by atoms with van der Waals surface area (Å²) in [7, 11) is 1.51. The van der Waals surface area contributed by atoms with Crippen molar-refractivity contribution in [3.63, 3.8) is 0 Å². The smallest absolute Gasteiger partial charge is 0.316 e. The molecule has 0 fully saturated rings. The van der Waals surface area contributed by atoms with Gasteiger partial charge in [-0.2, -0.15) is 0 Å². The van der Waals surface area contributed by atoms with E-state index in [1.165, 1.54) is 7.11 Å². The number of benzene rings is 2. The van der Waals surface area contributed by atoms with Crippen LogP contribution < -0.4 is 14.8 Å². The number of ether oxygens (including phenoxy) is 2. The lowest BCUT2D eigenvalue weighted by molar-refractivity contribution is 0.0912. The summed E-state index contributed by atoms with van der Waals surface area (Å²) >= 11 is 0. The average molecular weight is 461 g/mol. The number of amides is 1. The summed E-state index contributed by atoms with van der Waals surface area (Å²) in [5.74, 6) is 0.169. The first-order chi connectivity index (χ1) is 16.6. The SMILES string of the molecule is CCCOc1ccc(-c2cnc(OC)nc2)cc1C(=O)NC(CO)Cc1c[nH]c2ccccc12. The molecule has 0 spiro atoms. The maximum Gasteiger partial charge on any atom is 0.316 e. The number of hydrogen-bond acceptors (Lipinski definition) is 6. The van der Waals surface area contributed by atoms with Crippen LogP contribution in [0.3, 0.4) is 0 Å². The number of fused-ring (bicyclic) bond motifs is 1. The number of H-pyrrole nitrogens is 1. The van der Waals surface area contributed by atoms with Gasteiger partial charge < -0.3 is 24.9 Å². The Balaban J connectivity index is 1.58. The van der Waals surface area contributed by atoms with Crippen molar-refractivity contribution < 1.29 is 19.4 Å². The molecule has 0 aliphatic rings. The number of para-hydroxylation sites is 1. The van der Waals surface area contributed by atoms with Crippen molar-refractivity contribution in [1.29, 1.82) is 0 Å². The van der Waals surface area contributed by atoms with Crippen LogP contribution in [-0.4, -0.2) is 52.3 Å². The lowest BCUT2D eigenvalue weighted by Crippen LogP contribution is -2.39. The van der Waals surface area contributed by atoms with Crippen molar-refractivity contribution in [3.8, 4) is 22.9 Å². The van der Waals surface area contributed by atoms with Gasteiger partial charge in [0.25, 0.3) is 5.91 Å². The Morgan fingerprint density at radius 3 is 2.68 bits per heavy atom. The summed E-state index contributed by atoms with van der Waals surface area (Å²) in [5, 5.41) is 14.0. The highest BCUT2D eigenvalue weighted by molar-refractivity contribution is 5.98. The first-order valence-corrected chi connectivity index (χ1v) is 11.2. The second kappa shape index (κ2) is 10.8. The molecule has 0 aliphatic carbocycles. The van der Waals surface area contributed by atoms with Crippen LogP contribution in [0.25, 0.3) is 22.0 Å². The number of aromatic amines is 1. The monoisotopic (exact) mass is 460 g/mol. The minimum atomic E-state index is -0.460. The maximum absolute atomic E-state index is 13.3. The Labute approximate surface area is 198 Å². The largest absolute Gasteiger partial charge is 0.493 e. The molecule has 0 saturated heterocycles. The highest BCUT2D eigenvalue weighted by Crippen LogP contribution is 2.27. The zero-order valence-corrected chi connectivity index (χ0v) is 19.2. The molecule has 4 aromatic rings. The molecule has 3 N–H and O–H groups in total. The summed E-state index contributed by atoms with van der Waals surface area (Å²) in [6.45, 7) is 2.30. The van der Waals surface area contributed by atoms with Crippen LogP contribution in [-0.2, 0) is 6.42 Å². The third-order valence-corrected chi connectivity index (χ3v) is 5.53. The van der Waals surface area contributed by atoms with Crippen molar-refractivity contribution in [2.24, 2.45) is 0 Å². The van der Waals surface area contributed by atoms with Gasteiger partial charge in [0.15, 0.2) is 0 Å². The summed E-state index contributed by atoms with van der Waals surface area (Å²) in [6.07, 6.45) is 6.50. The topological polar surface area (TPSA) is 109 Å². The number of carbonyl (C=O) groups excluding carboxylic acids is 1. The fourth-order valence-corrected chi connectivity index (χ4v) is 3.79. The van der Waals surface area contributed by atoms with Crippen LogP contribution in [0, 0.1) is 0 Å². The van der Waals surface area contributed by atoms with Gasteiger partial charge >= 0.3 is 6.01 Å². The predicted molar refractivity (Wildman–Crippen MR) is 130 cm³/mol. The number of rotatable bonds is 10. The summed E-state index contributed by atoms with van der Waals surface area (Å²) < 4.78 is 10.9. The molecular formula is C26H28N4O4. The zero-order valence-electron chi connectivity index (χ0n) is 19.2. The average Bonchev–Trinajstić information content (AvgIpc) is 3.29. The van der Waals surface area contributed by atoms with E-state index in [-0.39, 0.29) is 18.5 Å². The first-order valence-electron chi connectivity index (χ1n) is 11.2. The molecule has 2 heterocycles. The van der Waals surface area contributed by atoms with E-state index in [2.05, 4.69) is 20.3 Å². The third-order valence-electron chi connectivity index (χ3n) is 5.53. The van der Waals surface area contributed by atoms with Crippen LogP contribution in [0.15, 0.2) is 61.1 Å². The van der Waals surface area contributed by atoms with Crippen LogP contribution >= 0.6 is 0 Å². The minimum absolute atomic E-state index is 0.192. The minimum Gasteiger partial charge on any atom is -0.493 e. The van der Waals surface area contributed by atoms with E-state index >= 15 is 0 Å². The molecule has 0 radical (unpaired) electrons. The van der Waals surface area contributed by atoms with Crippen molar-refractivity contribution in [2.45, 2.75) is 25.8 Å². The van der Waals surface area contributed by atoms with Gasteiger partial charge in [0.1, 0.15) is 5.75 Å². The molecule has 2 aromatic carbocycles. The molecule has 1 amide bonds. The highest BCUT2D eigenvalue weighted by Gasteiger charge is 2.20. The van der Waals surface area contributed by atoms with Crippen molar-refractivity contribution >= 4 is 16.8 Å². The Bertz CT molecular complexity index is 1250. The molecule has 1 atom stereocenters. The van der Waals surface area contributed by atoms with Crippen LogP contribution in [0.5, 0.6) is 11.8 Å². The molecule has 2 aromatic heterocycles. The molecular weight excluding hydrogens is 432 g/mol. The molecule has 0 bridgehead atoms. The number of nitrogens with one attached hydrogen (secondary N) is 2. The number of methoxy groups -OCH3 is 1. The van der Waals surface area contributed by atoms with Gasteiger partial charge in [-0.3, -0.25) is 4.79 Å². The van der Waals surface area contributed by atoms with E-state index in [0.717, 1.165) is 34.0 Å². The van der Waals surface area contributed by atoms with Gasteiger partial charge in [-0.15, -0.1) is 0 Å². The lowest BCUT2D eigenvalue weighted by Gasteiger charge is -2.18. The number of aliphatic hydroxyl groups is 1. The van der Waals surface area contributed by atoms with Gasteiger partial charge in [0, 0.05) is 35.1 Å². The van der Waals surface area contributed by atoms with Crippen molar-refractivity contribution in [2.75, 3.05) is 20.3 Å². The normalized spacial score (nSPS) is 11.9. The molecule has 4 rings (SSSR count). The predicted octanol–water partition coefficient (Wildman–Crippen LogP) is 3.76. The van der Waals surface area contributed by atoms with E-state index in [0.29, 0.717) is 24.3 Å². The van der Waals surface area contributed by atoms with E-state index in [4.69, 9.17) is 9.47 Å². The lowest BCUT2D eigenvalue weighted by atomic mass is 10.0. The number of aliphatic hydroxyl groups excluding tert-OH is 1. The number of carbonyl (C=O) groups is 1. The standard InChI is InChI=1S/C26H28N4O4/c1-3-10-34-24-9-8-17(19-14-28-26(33-2)29-15-19)12-22(24)25(32)30-20(16-31)11-18-13-27-23-7-5-4-6-21(18)23/h4-9,12-15,20,27,31H,3,10-11,16H2,1-2H3,(H,30,32). The number of nitrogens with zero attached hydrogens (tertiary/aromatic N) is 2. The molecule has 8 nitrogen and oxygen atoms in total. The second-order valence-corrected chi connectivity index (χ2v) is 7.93. The molecule has 0 aliphatic heterocycles. The van der Waals surface area contributed by atoms with E-state index in [1.807, 2.05) is 43.5 Å². The second-order valence-electron chi connectivity index (χ2n) is 7.93. The number of hydrogen-bond donors (Lipinski definition) is 3. The molecule has 1 unspecified atom stereocenters. The summed E-state index contributed by atoms with van der Waals surface area (Å²) in [5.41, 5.74) is 3.95. The van der Waals surface area contributed by atoms with Gasteiger partial charge in [-0.1, -0.05) is 31.2 Å². The maximum atomic E-state index is 13.3. The fraction of sp³-hybridized carbons (Fsp3) is 0.269. The Morgan fingerprint density at radius 2 is 1.94 bits per heavy atom. The zero-order chi connectivity index (χ0) is 23.9. The quantitative estimate of drug-likeness (QED) is 0.333. The highest BCUT2D eigenvalue weighted by atomic mass is 16.5. The summed E-state index contributed by atoms with van der Waals surface area (Å²) in [6, 6.07) is 13.2. The third kappa shape index (κ3) is 5.18. The van der Waals surface area contributed by atoms with Gasteiger partial charge in [0.05, 0.1) is 31.9 Å². The van der Waals surface area contributed by atoms with Crippen molar-refractivity contribution in [3.05, 3.63) is 72.2 Å². The van der Waals surface area contributed by atoms with E-state index < -0.39 is 6.04 Å². The number of aromatic nitrogens is 3. The van der Waals surface area contributed by atoms with Crippen molar-refractivity contribution in [1.82, 2.24) is 20.3 Å². The molecule has 0 saturated carbocycles. The Hall–Kier alpha value is -3.91. The fourth-order valence-electron chi connectivity index (χ4n) is 3.79. The van der Waals surface area contributed by atoms with Gasteiger partial charge in [0.2, 0.25) is 0 Å². The van der Waals surface area contributed by atoms with E-state index in [1.54, 1.807) is 24.5 Å². The van der Waals surface area contributed by atoms with Crippen LogP contribution in [0.4, 0.5) is 0 Å². The summed E-state index contributed by atoms with van der Waals surface area (Å²) in [4.78, 5) is 24.8. The van der Waals surface area contributed by atoms with E-state index in [9.17, 15) is 9.90 Å².